The molecule has 4 aromatic rings. The summed E-state index contributed by atoms with van der Waals surface area (Å²) in [5.74, 6) is -3.71. The minimum Gasteiger partial charge on any atom is -0.322 e. The van der Waals surface area contributed by atoms with E-state index < -0.39 is 17.5 Å². The monoisotopic (exact) mass is 448 g/mol. The third kappa shape index (κ3) is 4.37. The maximum Gasteiger partial charge on any atom is 0.286 e. The van der Waals surface area contributed by atoms with Gasteiger partial charge in [-0.15, -0.1) is 0 Å². The molecule has 0 bridgehead atoms. The van der Waals surface area contributed by atoms with Gasteiger partial charge in [-0.1, -0.05) is 6.07 Å². The highest BCUT2D eigenvalue weighted by Crippen LogP contribution is 2.28. The Morgan fingerprint density at radius 3 is 2.52 bits per heavy atom. The van der Waals surface area contributed by atoms with Crippen molar-refractivity contribution >= 4 is 22.5 Å². The Kier molecular flexibility index (Phi) is 5.53. The second-order valence-electron chi connectivity index (χ2n) is 8.11. The van der Waals surface area contributed by atoms with Crippen LogP contribution in [0.2, 0.25) is 0 Å². The minimum atomic E-state index is -3.16. The predicted molar refractivity (Wildman–Crippen MR) is 124 cm³/mol. The van der Waals surface area contributed by atoms with Crippen molar-refractivity contribution in [1.29, 1.82) is 0 Å². The van der Waals surface area contributed by atoms with Gasteiger partial charge in [-0.25, -0.2) is 0 Å². The molecule has 0 fully saturated rings. The van der Waals surface area contributed by atoms with Gasteiger partial charge in [-0.05, 0) is 61.4 Å². The zero-order chi connectivity index (χ0) is 23.9. The number of hydrogen-bond donors (Lipinski definition) is 1. The Balaban J connectivity index is 1.73. The summed E-state index contributed by atoms with van der Waals surface area (Å²) < 4.78 is 28.7. The van der Waals surface area contributed by atoms with Crippen molar-refractivity contribution in [3.05, 3.63) is 87.7 Å². The summed E-state index contributed by atoms with van der Waals surface area (Å²) in [6.07, 6.45) is 2.90. The number of benzene rings is 1. The lowest BCUT2D eigenvalue weighted by Gasteiger charge is -2.14. The van der Waals surface area contributed by atoms with Crippen LogP contribution in [0.25, 0.3) is 22.0 Å². The summed E-state index contributed by atoms with van der Waals surface area (Å²) in [5, 5.41) is 3.54. The molecule has 0 aliphatic carbocycles. The average Bonchev–Trinajstić information content (AvgIpc) is 2.77. The number of amides is 1. The number of hydrogen-bond acceptors (Lipinski definition) is 4. The number of nitrogens with one attached hydrogen (secondary N) is 1. The molecule has 0 atom stereocenters. The lowest BCUT2D eigenvalue weighted by Crippen LogP contribution is -2.19. The molecular weight excluding hydrogens is 426 g/mol. The smallest absolute Gasteiger partial charge is 0.286 e. The van der Waals surface area contributed by atoms with Gasteiger partial charge in [0.2, 0.25) is 0 Å². The van der Waals surface area contributed by atoms with Gasteiger partial charge in [0.1, 0.15) is 5.69 Å². The molecule has 6 nitrogen and oxygen atoms in total. The third-order valence-electron chi connectivity index (χ3n) is 5.50. The van der Waals surface area contributed by atoms with Gasteiger partial charge in [0, 0.05) is 54.3 Å². The maximum absolute atomic E-state index is 13.6. The van der Waals surface area contributed by atoms with Crippen molar-refractivity contribution in [2.45, 2.75) is 26.7 Å². The van der Waals surface area contributed by atoms with E-state index in [0.717, 1.165) is 35.2 Å². The van der Waals surface area contributed by atoms with Crippen LogP contribution in [-0.2, 0) is 13.0 Å². The Bertz CT molecular complexity index is 1460. The Hall–Kier alpha value is -3.94. The average molecular weight is 448 g/mol. The lowest BCUT2D eigenvalue weighted by molar-refractivity contribution is 0.0127. The number of halogens is 2. The number of anilines is 1. The van der Waals surface area contributed by atoms with Crippen LogP contribution in [0.4, 0.5) is 14.5 Å². The SMILES string of the molecule is Cc1cc2c(cn1)cc(-c1cc(NC(=O)c3ccnc(C(C)(F)F)c3)ccc1C)c(=O)n2C. The van der Waals surface area contributed by atoms with E-state index in [1.54, 1.807) is 42.1 Å². The fraction of sp³-hybridized carbons (Fsp3) is 0.200. The molecule has 8 heteroatoms. The maximum atomic E-state index is 13.6. The Morgan fingerprint density at radius 1 is 1.03 bits per heavy atom. The highest BCUT2D eigenvalue weighted by Gasteiger charge is 2.27. The lowest BCUT2D eigenvalue weighted by atomic mass is 9.99. The summed E-state index contributed by atoms with van der Waals surface area (Å²) in [6.45, 7) is 4.46. The highest BCUT2D eigenvalue weighted by molar-refractivity contribution is 6.04. The van der Waals surface area contributed by atoms with Gasteiger partial charge in [0.25, 0.3) is 17.4 Å². The van der Waals surface area contributed by atoms with Gasteiger partial charge in [0.15, 0.2) is 0 Å². The van der Waals surface area contributed by atoms with Crippen LogP contribution in [0.5, 0.6) is 0 Å². The molecular formula is C25H22F2N4O2. The fourth-order valence-corrected chi connectivity index (χ4v) is 3.66. The first-order valence-corrected chi connectivity index (χ1v) is 10.3. The first-order valence-electron chi connectivity index (χ1n) is 10.3. The molecule has 168 valence electrons. The van der Waals surface area contributed by atoms with E-state index in [-0.39, 0.29) is 11.1 Å². The van der Waals surface area contributed by atoms with Crippen molar-refractivity contribution in [3.63, 3.8) is 0 Å². The summed E-state index contributed by atoms with van der Waals surface area (Å²) >= 11 is 0. The van der Waals surface area contributed by atoms with Crippen LogP contribution in [0.1, 0.15) is 34.2 Å². The number of nitrogens with zero attached hydrogens (tertiary/aromatic N) is 3. The number of aryl methyl sites for hydroxylation is 3. The van der Waals surface area contributed by atoms with Crippen LogP contribution in [0.15, 0.2) is 59.7 Å². The van der Waals surface area contributed by atoms with Crippen molar-refractivity contribution < 1.29 is 13.6 Å². The molecule has 0 aliphatic heterocycles. The highest BCUT2D eigenvalue weighted by atomic mass is 19.3. The minimum absolute atomic E-state index is 0.0618. The molecule has 0 spiro atoms. The van der Waals surface area contributed by atoms with E-state index in [0.29, 0.717) is 16.8 Å². The first kappa shape index (κ1) is 22.3. The van der Waals surface area contributed by atoms with E-state index in [1.165, 1.54) is 12.3 Å². The Labute approximate surface area is 188 Å². The normalized spacial score (nSPS) is 11.6. The van der Waals surface area contributed by atoms with E-state index in [9.17, 15) is 18.4 Å². The summed E-state index contributed by atoms with van der Waals surface area (Å²) in [7, 11) is 1.71. The van der Waals surface area contributed by atoms with Gasteiger partial charge in [0.05, 0.1) is 5.52 Å². The standard InChI is InChI=1S/C25H22F2N4O2/c1-14-5-6-18(30-23(32)16-7-8-28-22(11-16)25(3,26)27)12-19(14)20-10-17-13-29-15(2)9-21(17)31(4)24(20)33/h5-13H,1-4H3,(H,30,32). The van der Waals surface area contributed by atoms with Crippen LogP contribution >= 0.6 is 0 Å². The molecule has 1 N–H and O–H groups in total. The van der Waals surface area contributed by atoms with E-state index >= 15 is 0 Å². The molecule has 0 unspecified atom stereocenters. The quantitative estimate of drug-likeness (QED) is 0.478. The van der Waals surface area contributed by atoms with Crippen molar-refractivity contribution in [3.8, 4) is 11.1 Å². The summed E-state index contributed by atoms with van der Waals surface area (Å²) in [5.41, 5.74) is 3.41. The summed E-state index contributed by atoms with van der Waals surface area (Å²) in [4.78, 5) is 33.8. The van der Waals surface area contributed by atoms with Crippen molar-refractivity contribution in [2.24, 2.45) is 7.05 Å². The van der Waals surface area contributed by atoms with Crippen molar-refractivity contribution in [1.82, 2.24) is 14.5 Å². The van der Waals surface area contributed by atoms with Gasteiger partial charge in [-0.2, -0.15) is 8.78 Å². The predicted octanol–water partition coefficient (Wildman–Crippen LogP) is 4.98. The van der Waals surface area contributed by atoms with E-state index in [1.807, 2.05) is 19.9 Å². The van der Waals surface area contributed by atoms with Crippen LogP contribution < -0.4 is 10.9 Å². The molecule has 33 heavy (non-hydrogen) atoms. The number of pyridine rings is 3. The molecule has 3 heterocycles. The molecule has 1 aromatic carbocycles. The number of aromatic nitrogens is 3. The molecule has 0 saturated carbocycles. The largest absolute Gasteiger partial charge is 0.322 e. The van der Waals surface area contributed by atoms with Crippen LogP contribution in [0, 0.1) is 13.8 Å². The Morgan fingerprint density at radius 2 is 1.79 bits per heavy atom. The molecule has 1 amide bonds. The van der Waals surface area contributed by atoms with E-state index in [4.69, 9.17) is 0 Å². The second kappa shape index (κ2) is 8.20. The fourth-order valence-electron chi connectivity index (χ4n) is 3.66. The topological polar surface area (TPSA) is 76.9 Å². The van der Waals surface area contributed by atoms with Crippen molar-refractivity contribution in [2.75, 3.05) is 5.32 Å². The summed E-state index contributed by atoms with van der Waals surface area (Å²) in [6, 6.07) is 11.3. The molecule has 0 saturated heterocycles. The molecule has 3 aromatic heterocycles. The van der Waals surface area contributed by atoms with E-state index in [2.05, 4.69) is 15.3 Å². The second-order valence-corrected chi connectivity index (χ2v) is 8.11. The number of carbonyl (C=O) groups is 1. The third-order valence-corrected chi connectivity index (χ3v) is 5.50. The van der Waals surface area contributed by atoms with Gasteiger partial charge >= 0.3 is 0 Å². The number of alkyl halides is 2. The van der Waals surface area contributed by atoms with Crippen LogP contribution in [0.3, 0.4) is 0 Å². The first-order chi connectivity index (χ1) is 15.5. The number of rotatable bonds is 4. The molecule has 4 rings (SSSR count). The zero-order valence-electron chi connectivity index (χ0n) is 18.6. The number of carbonyl (C=O) groups excluding carboxylic acids is 1. The van der Waals surface area contributed by atoms with Crippen LogP contribution in [-0.4, -0.2) is 20.4 Å². The number of fused-ring (bicyclic) bond motifs is 1. The zero-order valence-corrected chi connectivity index (χ0v) is 18.6. The van der Waals surface area contributed by atoms with Gasteiger partial charge < -0.3 is 9.88 Å². The molecule has 0 radical (unpaired) electrons. The van der Waals surface area contributed by atoms with Gasteiger partial charge in [-0.3, -0.25) is 19.6 Å². The molecule has 0 aliphatic rings.